The van der Waals surface area contributed by atoms with Gasteiger partial charge in [0.25, 0.3) is 5.69 Å². The van der Waals surface area contributed by atoms with Crippen molar-refractivity contribution in [3.8, 4) is 5.69 Å². The molecule has 0 amide bonds. The van der Waals surface area contributed by atoms with Crippen molar-refractivity contribution in [2.24, 2.45) is 0 Å². The maximum absolute atomic E-state index is 13.8. The number of aromatic nitrogens is 2. The molecule has 1 heterocycles. The molecule has 3 aromatic rings. The monoisotopic (exact) mass is 326 g/mol. The fourth-order valence-corrected chi connectivity index (χ4v) is 2.34. The Morgan fingerprint density at radius 3 is 2.62 bits per heavy atom. The van der Waals surface area contributed by atoms with Gasteiger partial charge in [-0.05, 0) is 36.2 Å². The molecular formula is C17H15FN4O2. The molecule has 7 heteroatoms. The van der Waals surface area contributed by atoms with Gasteiger partial charge in [-0.25, -0.2) is 9.07 Å². The summed E-state index contributed by atoms with van der Waals surface area (Å²) in [6.07, 6.45) is 4.29. The third-order valence-corrected chi connectivity index (χ3v) is 3.60. The molecule has 0 aliphatic rings. The van der Waals surface area contributed by atoms with E-state index < -0.39 is 10.7 Å². The van der Waals surface area contributed by atoms with E-state index in [0.29, 0.717) is 13.0 Å². The van der Waals surface area contributed by atoms with Gasteiger partial charge in [0.15, 0.2) is 5.82 Å². The van der Waals surface area contributed by atoms with Crippen LogP contribution in [0.25, 0.3) is 5.69 Å². The van der Waals surface area contributed by atoms with E-state index in [1.807, 2.05) is 36.5 Å². The van der Waals surface area contributed by atoms with Gasteiger partial charge in [0, 0.05) is 25.0 Å². The Morgan fingerprint density at radius 2 is 2.00 bits per heavy atom. The highest BCUT2D eigenvalue weighted by Gasteiger charge is 2.10. The molecule has 6 nitrogen and oxygen atoms in total. The Bertz CT molecular complexity index is 832. The molecule has 0 radical (unpaired) electrons. The summed E-state index contributed by atoms with van der Waals surface area (Å²) < 4.78 is 15.5. The van der Waals surface area contributed by atoms with Gasteiger partial charge in [0.05, 0.1) is 22.4 Å². The first-order valence-corrected chi connectivity index (χ1v) is 7.40. The highest BCUT2D eigenvalue weighted by molar-refractivity contribution is 5.50. The molecule has 0 saturated carbocycles. The van der Waals surface area contributed by atoms with Crippen LogP contribution < -0.4 is 5.32 Å². The van der Waals surface area contributed by atoms with E-state index in [9.17, 15) is 14.5 Å². The van der Waals surface area contributed by atoms with E-state index in [-0.39, 0.29) is 11.4 Å². The molecule has 0 fully saturated rings. The number of nitrogens with zero attached hydrogens (tertiary/aromatic N) is 3. The molecule has 0 unspecified atom stereocenters. The number of benzene rings is 2. The largest absolute Gasteiger partial charge is 0.382 e. The van der Waals surface area contributed by atoms with E-state index in [1.165, 1.54) is 12.1 Å². The lowest BCUT2D eigenvalue weighted by atomic mass is 10.1. The average molecular weight is 326 g/mol. The summed E-state index contributed by atoms with van der Waals surface area (Å²) in [4.78, 5) is 9.97. The van der Waals surface area contributed by atoms with Crippen molar-refractivity contribution in [1.29, 1.82) is 0 Å². The van der Waals surface area contributed by atoms with Gasteiger partial charge in [-0.1, -0.05) is 12.1 Å². The molecule has 0 saturated heterocycles. The smallest absolute Gasteiger partial charge is 0.272 e. The highest BCUT2D eigenvalue weighted by Crippen LogP contribution is 2.20. The van der Waals surface area contributed by atoms with Gasteiger partial charge in [0.1, 0.15) is 0 Å². The fraction of sp³-hybridized carbons (Fsp3) is 0.118. The predicted molar refractivity (Wildman–Crippen MR) is 88.8 cm³/mol. The third-order valence-electron chi connectivity index (χ3n) is 3.60. The molecule has 0 spiro atoms. The molecule has 0 atom stereocenters. The average Bonchev–Trinajstić information content (AvgIpc) is 3.11. The van der Waals surface area contributed by atoms with Gasteiger partial charge < -0.3 is 5.32 Å². The zero-order valence-corrected chi connectivity index (χ0v) is 12.7. The van der Waals surface area contributed by atoms with E-state index >= 15 is 0 Å². The second-order valence-corrected chi connectivity index (χ2v) is 5.22. The predicted octanol–water partition coefficient (Wildman–Crippen LogP) is 3.57. The molecule has 2 aromatic carbocycles. The third kappa shape index (κ3) is 3.57. The van der Waals surface area contributed by atoms with E-state index in [1.54, 1.807) is 10.9 Å². The molecule has 0 bridgehead atoms. The van der Waals surface area contributed by atoms with Crippen molar-refractivity contribution in [2.45, 2.75) is 6.42 Å². The number of halogens is 1. The van der Waals surface area contributed by atoms with Crippen LogP contribution >= 0.6 is 0 Å². The minimum absolute atomic E-state index is 0.257. The van der Waals surface area contributed by atoms with Gasteiger partial charge >= 0.3 is 0 Å². The van der Waals surface area contributed by atoms with Crippen LogP contribution in [0.5, 0.6) is 0 Å². The number of nitro benzene ring substituents is 1. The van der Waals surface area contributed by atoms with Crippen molar-refractivity contribution >= 4 is 11.4 Å². The quantitative estimate of drug-likeness (QED) is 0.555. The molecule has 3 rings (SSSR count). The Balaban J connectivity index is 1.57. The Labute approximate surface area is 137 Å². The van der Waals surface area contributed by atoms with Crippen molar-refractivity contribution in [3.05, 3.63) is 82.4 Å². The SMILES string of the molecule is O=[N+]([O-])c1ccc(NCCc2ccc(-n3cccn3)cc2)c(F)c1. The van der Waals surface area contributed by atoms with E-state index in [4.69, 9.17) is 0 Å². The van der Waals surface area contributed by atoms with Crippen LogP contribution in [0.15, 0.2) is 60.9 Å². The number of hydrogen-bond donors (Lipinski definition) is 1. The summed E-state index contributed by atoms with van der Waals surface area (Å²) >= 11 is 0. The standard InChI is InChI=1S/C17H15FN4O2/c18-16-12-15(22(23)24)6-7-17(16)19-10-8-13-2-4-14(5-3-13)21-11-1-9-20-21/h1-7,9,11-12,19H,8,10H2. The molecule has 122 valence electrons. The molecule has 1 N–H and O–H groups in total. The summed E-state index contributed by atoms with van der Waals surface area (Å²) in [5.74, 6) is -0.627. The van der Waals surface area contributed by atoms with Crippen LogP contribution in [0.3, 0.4) is 0 Å². The minimum Gasteiger partial charge on any atom is -0.382 e. The van der Waals surface area contributed by atoms with Crippen LogP contribution in [0, 0.1) is 15.9 Å². The van der Waals surface area contributed by atoms with Gasteiger partial charge in [-0.15, -0.1) is 0 Å². The number of nitro groups is 1. The lowest BCUT2D eigenvalue weighted by molar-refractivity contribution is -0.385. The second-order valence-electron chi connectivity index (χ2n) is 5.22. The first kappa shape index (κ1) is 15.7. The van der Waals surface area contributed by atoms with Crippen molar-refractivity contribution in [1.82, 2.24) is 9.78 Å². The first-order chi connectivity index (χ1) is 11.6. The Kier molecular flexibility index (Phi) is 4.51. The van der Waals surface area contributed by atoms with Crippen molar-refractivity contribution in [3.63, 3.8) is 0 Å². The Hall–Kier alpha value is -3.22. The molecule has 24 heavy (non-hydrogen) atoms. The lowest BCUT2D eigenvalue weighted by Crippen LogP contribution is -2.06. The maximum atomic E-state index is 13.8. The number of hydrogen-bond acceptors (Lipinski definition) is 4. The van der Waals surface area contributed by atoms with E-state index in [2.05, 4.69) is 10.4 Å². The number of nitrogens with one attached hydrogen (secondary N) is 1. The summed E-state index contributed by atoms with van der Waals surface area (Å²) in [6.45, 7) is 0.524. The van der Waals surface area contributed by atoms with Gasteiger partial charge in [-0.2, -0.15) is 5.10 Å². The van der Waals surface area contributed by atoms with Crippen LogP contribution in [0.2, 0.25) is 0 Å². The Morgan fingerprint density at radius 1 is 1.21 bits per heavy atom. The molecule has 0 aliphatic heterocycles. The van der Waals surface area contributed by atoms with Crippen LogP contribution in [-0.4, -0.2) is 21.2 Å². The van der Waals surface area contributed by atoms with Crippen molar-refractivity contribution in [2.75, 3.05) is 11.9 Å². The molecule has 1 aromatic heterocycles. The number of non-ortho nitro benzene ring substituents is 1. The summed E-state index contributed by atoms with van der Waals surface area (Å²) in [7, 11) is 0. The number of rotatable bonds is 6. The maximum Gasteiger partial charge on any atom is 0.272 e. The summed E-state index contributed by atoms with van der Waals surface area (Å²) in [6, 6.07) is 13.4. The van der Waals surface area contributed by atoms with Gasteiger partial charge in [0.2, 0.25) is 0 Å². The molecule has 0 aliphatic carbocycles. The number of anilines is 1. The van der Waals surface area contributed by atoms with Crippen LogP contribution in [-0.2, 0) is 6.42 Å². The summed E-state index contributed by atoms with van der Waals surface area (Å²) in [5, 5.41) is 17.7. The lowest BCUT2D eigenvalue weighted by Gasteiger charge is -2.08. The normalized spacial score (nSPS) is 10.5. The fourth-order valence-electron chi connectivity index (χ4n) is 2.34. The summed E-state index contributed by atoms with van der Waals surface area (Å²) in [5.41, 5.74) is 2.07. The first-order valence-electron chi connectivity index (χ1n) is 7.40. The zero-order chi connectivity index (χ0) is 16.9. The van der Waals surface area contributed by atoms with E-state index in [0.717, 1.165) is 17.3 Å². The highest BCUT2D eigenvalue weighted by atomic mass is 19.1. The van der Waals surface area contributed by atoms with Gasteiger partial charge in [-0.3, -0.25) is 10.1 Å². The zero-order valence-electron chi connectivity index (χ0n) is 12.7. The van der Waals surface area contributed by atoms with Crippen LogP contribution in [0.1, 0.15) is 5.56 Å². The minimum atomic E-state index is -0.627. The second kappa shape index (κ2) is 6.91. The topological polar surface area (TPSA) is 73.0 Å². The van der Waals surface area contributed by atoms with Crippen molar-refractivity contribution < 1.29 is 9.31 Å². The molecular weight excluding hydrogens is 311 g/mol. The van der Waals surface area contributed by atoms with Crippen LogP contribution in [0.4, 0.5) is 15.8 Å².